The van der Waals surface area contributed by atoms with E-state index in [4.69, 9.17) is 9.73 Å². The molecule has 6 heteroatoms. The molecule has 1 fully saturated rings. The van der Waals surface area contributed by atoms with Crippen LogP contribution in [-0.2, 0) is 20.1 Å². The largest absolute Gasteiger partial charge is 0.493 e. The van der Waals surface area contributed by atoms with Crippen LogP contribution >= 0.6 is 0 Å². The van der Waals surface area contributed by atoms with Crippen molar-refractivity contribution in [3.63, 3.8) is 0 Å². The van der Waals surface area contributed by atoms with Gasteiger partial charge < -0.3 is 15.4 Å². The third-order valence-electron chi connectivity index (χ3n) is 4.51. The average Bonchev–Trinajstić information content (AvgIpc) is 3.37. The van der Waals surface area contributed by atoms with Crippen molar-refractivity contribution in [1.29, 1.82) is 0 Å². The summed E-state index contributed by atoms with van der Waals surface area (Å²) in [6.07, 6.45) is 4.39. The molecule has 1 aromatic carbocycles. The molecule has 0 aliphatic heterocycles. The zero-order valence-corrected chi connectivity index (χ0v) is 16.0. The Morgan fingerprint density at radius 3 is 2.85 bits per heavy atom. The average molecular weight is 355 g/mol. The minimum Gasteiger partial charge on any atom is -0.493 e. The van der Waals surface area contributed by atoms with E-state index >= 15 is 0 Å². The Balaban J connectivity index is 1.65. The molecule has 1 aromatic heterocycles. The van der Waals surface area contributed by atoms with Crippen molar-refractivity contribution in [1.82, 2.24) is 20.4 Å². The van der Waals surface area contributed by atoms with E-state index in [0.29, 0.717) is 13.1 Å². The van der Waals surface area contributed by atoms with Gasteiger partial charge in [0.05, 0.1) is 25.4 Å². The molecule has 0 amide bonds. The molecular formula is C20H29N5O. The first-order valence-electron chi connectivity index (χ1n) is 9.37. The van der Waals surface area contributed by atoms with Crippen LogP contribution in [0.15, 0.2) is 35.5 Å². The Kier molecular flexibility index (Phi) is 6.15. The normalized spacial score (nSPS) is 14.3. The van der Waals surface area contributed by atoms with Gasteiger partial charge in [0, 0.05) is 25.4 Å². The van der Waals surface area contributed by atoms with Crippen molar-refractivity contribution in [2.24, 2.45) is 18.0 Å². The fourth-order valence-electron chi connectivity index (χ4n) is 2.67. The maximum Gasteiger partial charge on any atom is 0.191 e. The summed E-state index contributed by atoms with van der Waals surface area (Å²) in [5, 5.41) is 10.9. The highest BCUT2D eigenvalue weighted by atomic mass is 16.5. The summed E-state index contributed by atoms with van der Waals surface area (Å²) < 4.78 is 7.91. The van der Waals surface area contributed by atoms with E-state index in [-0.39, 0.29) is 0 Å². The molecule has 0 spiro atoms. The monoisotopic (exact) mass is 355 g/mol. The number of benzene rings is 1. The molecule has 2 aromatic rings. The first kappa shape index (κ1) is 18.3. The van der Waals surface area contributed by atoms with Crippen LogP contribution in [0.1, 0.15) is 36.6 Å². The van der Waals surface area contributed by atoms with Crippen molar-refractivity contribution < 1.29 is 4.74 Å². The van der Waals surface area contributed by atoms with Crippen LogP contribution in [0, 0.1) is 12.8 Å². The SMILES string of the molecule is CCNC(=NCc1ccc(C)cc1OCC1CC1)NCc1ccnn1C. The molecule has 6 nitrogen and oxygen atoms in total. The number of rotatable bonds is 8. The number of hydrogen-bond donors (Lipinski definition) is 2. The van der Waals surface area contributed by atoms with Gasteiger partial charge >= 0.3 is 0 Å². The molecule has 0 unspecified atom stereocenters. The number of aryl methyl sites for hydroxylation is 2. The summed E-state index contributed by atoms with van der Waals surface area (Å²) in [5.41, 5.74) is 3.44. The van der Waals surface area contributed by atoms with Gasteiger partial charge in [0.1, 0.15) is 5.75 Å². The standard InChI is InChI=1S/C20H29N5O/c1-4-21-20(23-13-18-9-10-24-25(18)3)22-12-17-8-5-15(2)11-19(17)26-14-16-6-7-16/h5,8-11,16H,4,6-7,12-14H2,1-3H3,(H2,21,22,23). The second kappa shape index (κ2) is 8.74. The third kappa shape index (κ3) is 5.25. The van der Waals surface area contributed by atoms with E-state index in [1.165, 1.54) is 18.4 Å². The molecule has 0 radical (unpaired) electrons. The molecule has 1 aliphatic rings. The van der Waals surface area contributed by atoms with E-state index in [1.54, 1.807) is 6.20 Å². The highest BCUT2D eigenvalue weighted by Gasteiger charge is 2.22. The molecule has 0 saturated heterocycles. The molecule has 140 valence electrons. The number of aromatic nitrogens is 2. The highest BCUT2D eigenvalue weighted by molar-refractivity contribution is 5.79. The summed E-state index contributed by atoms with van der Waals surface area (Å²) in [7, 11) is 1.94. The van der Waals surface area contributed by atoms with Crippen LogP contribution < -0.4 is 15.4 Å². The lowest BCUT2D eigenvalue weighted by atomic mass is 10.1. The zero-order valence-electron chi connectivity index (χ0n) is 16.0. The summed E-state index contributed by atoms with van der Waals surface area (Å²) in [4.78, 5) is 4.73. The van der Waals surface area contributed by atoms with E-state index in [9.17, 15) is 0 Å². The predicted octanol–water partition coefficient (Wildman–Crippen LogP) is 2.77. The minimum absolute atomic E-state index is 0.584. The maximum absolute atomic E-state index is 6.05. The summed E-state index contributed by atoms with van der Waals surface area (Å²) in [5.74, 6) is 2.50. The number of ether oxygens (including phenoxy) is 1. The Bertz CT molecular complexity index is 748. The van der Waals surface area contributed by atoms with Crippen molar-refractivity contribution in [2.45, 2.75) is 39.8 Å². The molecule has 1 saturated carbocycles. The highest BCUT2D eigenvalue weighted by Crippen LogP contribution is 2.30. The van der Waals surface area contributed by atoms with Gasteiger partial charge in [-0.1, -0.05) is 12.1 Å². The molecule has 2 N–H and O–H groups in total. The number of aliphatic imine (C=N–C) groups is 1. The summed E-state index contributed by atoms with van der Waals surface area (Å²) in [6, 6.07) is 8.35. The molecule has 3 rings (SSSR count). The first-order chi connectivity index (χ1) is 12.7. The van der Waals surface area contributed by atoms with Crippen LogP contribution in [0.4, 0.5) is 0 Å². The quantitative estimate of drug-likeness (QED) is 0.565. The van der Waals surface area contributed by atoms with Gasteiger partial charge in [-0.3, -0.25) is 4.68 Å². The lowest BCUT2D eigenvalue weighted by Crippen LogP contribution is -2.37. The van der Waals surface area contributed by atoms with Gasteiger partial charge in [0.25, 0.3) is 0 Å². The molecule has 0 atom stereocenters. The van der Waals surface area contributed by atoms with E-state index in [2.05, 4.69) is 47.8 Å². The molecule has 26 heavy (non-hydrogen) atoms. The predicted molar refractivity (Wildman–Crippen MR) is 104 cm³/mol. The zero-order chi connectivity index (χ0) is 18.4. The van der Waals surface area contributed by atoms with Gasteiger partial charge in [-0.05, 0) is 50.3 Å². The number of nitrogens with zero attached hydrogens (tertiary/aromatic N) is 3. The Hall–Kier alpha value is -2.50. The number of nitrogens with one attached hydrogen (secondary N) is 2. The molecule has 1 aliphatic carbocycles. The van der Waals surface area contributed by atoms with E-state index < -0.39 is 0 Å². The smallest absolute Gasteiger partial charge is 0.191 e. The Morgan fingerprint density at radius 2 is 2.15 bits per heavy atom. The van der Waals surface area contributed by atoms with Gasteiger partial charge in [0.2, 0.25) is 0 Å². The fourth-order valence-corrected chi connectivity index (χ4v) is 2.67. The fraction of sp³-hybridized carbons (Fsp3) is 0.500. The van der Waals surface area contributed by atoms with Crippen LogP contribution in [0.5, 0.6) is 5.75 Å². The first-order valence-corrected chi connectivity index (χ1v) is 9.37. The van der Waals surface area contributed by atoms with Gasteiger partial charge in [-0.15, -0.1) is 0 Å². The minimum atomic E-state index is 0.584. The lowest BCUT2D eigenvalue weighted by Gasteiger charge is -2.13. The van der Waals surface area contributed by atoms with Crippen LogP contribution in [-0.4, -0.2) is 28.9 Å². The van der Waals surface area contributed by atoms with E-state index in [1.807, 2.05) is 17.8 Å². The van der Waals surface area contributed by atoms with Gasteiger partial charge in [-0.25, -0.2) is 4.99 Å². The molecule has 0 bridgehead atoms. The summed E-state index contributed by atoms with van der Waals surface area (Å²) in [6.45, 7) is 7.06. The molecule has 1 heterocycles. The van der Waals surface area contributed by atoms with Crippen molar-refractivity contribution in [3.05, 3.63) is 47.3 Å². The second-order valence-corrected chi connectivity index (χ2v) is 6.86. The topological polar surface area (TPSA) is 63.5 Å². The maximum atomic E-state index is 6.05. The Morgan fingerprint density at radius 1 is 1.31 bits per heavy atom. The Labute approximate surface area is 155 Å². The number of hydrogen-bond acceptors (Lipinski definition) is 3. The van der Waals surface area contributed by atoms with Crippen LogP contribution in [0.2, 0.25) is 0 Å². The van der Waals surface area contributed by atoms with Gasteiger partial charge in [0.15, 0.2) is 5.96 Å². The van der Waals surface area contributed by atoms with Crippen LogP contribution in [0.3, 0.4) is 0 Å². The third-order valence-corrected chi connectivity index (χ3v) is 4.51. The van der Waals surface area contributed by atoms with Crippen molar-refractivity contribution in [3.8, 4) is 5.75 Å². The molecular weight excluding hydrogens is 326 g/mol. The van der Waals surface area contributed by atoms with E-state index in [0.717, 1.165) is 42.0 Å². The lowest BCUT2D eigenvalue weighted by molar-refractivity contribution is 0.296. The van der Waals surface area contributed by atoms with Gasteiger partial charge in [-0.2, -0.15) is 5.10 Å². The summed E-state index contributed by atoms with van der Waals surface area (Å²) >= 11 is 0. The van der Waals surface area contributed by atoms with Crippen molar-refractivity contribution >= 4 is 5.96 Å². The second-order valence-electron chi connectivity index (χ2n) is 6.86. The number of guanidine groups is 1. The van der Waals surface area contributed by atoms with Crippen LogP contribution in [0.25, 0.3) is 0 Å². The van der Waals surface area contributed by atoms with Crippen molar-refractivity contribution in [2.75, 3.05) is 13.2 Å².